The lowest BCUT2D eigenvalue weighted by molar-refractivity contribution is 0.0600. The molecule has 0 aliphatic carbocycles. The Hall–Kier alpha value is -5.35. The summed E-state index contributed by atoms with van der Waals surface area (Å²) in [6.45, 7) is 1.99. The summed E-state index contributed by atoms with van der Waals surface area (Å²) < 4.78 is 4.82. The topological polar surface area (TPSA) is 29.5 Å². The van der Waals surface area contributed by atoms with E-state index in [2.05, 4.69) is 101 Å². The molecule has 3 heteroatoms. The smallest absolute Gasteiger partial charge is 0.337 e. The van der Waals surface area contributed by atoms with Crippen LogP contribution in [0.15, 0.2) is 133 Å². The molecule has 0 amide bonds. The molecule has 0 spiro atoms. The first-order valence-electron chi connectivity index (χ1n) is 14.4. The van der Waals surface area contributed by atoms with Crippen molar-refractivity contribution in [3.05, 3.63) is 156 Å². The van der Waals surface area contributed by atoms with Gasteiger partial charge in [-0.1, -0.05) is 121 Å². The number of nitrogens with zero attached hydrogens (tertiary/aromatic N) is 1. The number of hydrogen-bond donors (Lipinski definition) is 0. The van der Waals surface area contributed by atoms with Crippen LogP contribution in [0.5, 0.6) is 0 Å². The van der Waals surface area contributed by atoms with Gasteiger partial charge in [0, 0.05) is 17.7 Å². The SMILES string of the molecule is COC(=O)c1ccc(CCN(CC#Cc2ccc(-c3ccccc3)cc2)CC#Cc2ccc(-c3ccccc3)cc2)cc1. The minimum absolute atomic E-state index is 0.327. The third-order valence-corrected chi connectivity index (χ3v) is 7.15. The number of hydrogen-bond acceptors (Lipinski definition) is 3. The lowest BCUT2D eigenvalue weighted by atomic mass is 10.0. The van der Waals surface area contributed by atoms with E-state index in [9.17, 15) is 4.79 Å². The molecule has 0 atom stereocenters. The van der Waals surface area contributed by atoms with Crippen molar-refractivity contribution in [1.29, 1.82) is 0 Å². The highest BCUT2D eigenvalue weighted by atomic mass is 16.5. The van der Waals surface area contributed by atoms with Gasteiger partial charge in [0.1, 0.15) is 0 Å². The van der Waals surface area contributed by atoms with Crippen molar-refractivity contribution in [2.45, 2.75) is 6.42 Å². The Bertz CT molecular complexity index is 1630. The van der Waals surface area contributed by atoms with Crippen LogP contribution in [0.3, 0.4) is 0 Å². The molecule has 0 saturated heterocycles. The van der Waals surface area contributed by atoms with Crippen molar-refractivity contribution in [3.63, 3.8) is 0 Å². The number of ether oxygens (including phenoxy) is 1. The molecular weight excluding hydrogens is 526 g/mol. The molecule has 0 aromatic heterocycles. The van der Waals surface area contributed by atoms with Gasteiger partial charge in [-0.3, -0.25) is 4.90 Å². The van der Waals surface area contributed by atoms with E-state index in [1.807, 2.05) is 60.7 Å². The van der Waals surface area contributed by atoms with E-state index in [1.54, 1.807) is 0 Å². The van der Waals surface area contributed by atoms with Gasteiger partial charge in [0.15, 0.2) is 0 Å². The van der Waals surface area contributed by atoms with Crippen LogP contribution in [0.25, 0.3) is 22.3 Å². The van der Waals surface area contributed by atoms with E-state index in [0.717, 1.165) is 29.7 Å². The van der Waals surface area contributed by atoms with E-state index >= 15 is 0 Å². The van der Waals surface area contributed by atoms with Gasteiger partial charge in [-0.25, -0.2) is 4.79 Å². The molecule has 5 aromatic carbocycles. The molecule has 0 radical (unpaired) electrons. The predicted octanol–water partition coefficient (Wildman–Crippen LogP) is 7.76. The summed E-state index contributed by atoms with van der Waals surface area (Å²) in [6.07, 6.45) is 0.822. The summed E-state index contributed by atoms with van der Waals surface area (Å²) in [5.41, 5.74) is 8.42. The molecule has 0 aliphatic heterocycles. The highest BCUT2D eigenvalue weighted by molar-refractivity contribution is 5.89. The summed E-state index contributed by atoms with van der Waals surface area (Å²) >= 11 is 0. The van der Waals surface area contributed by atoms with Crippen LogP contribution in [0.4, 0.5) is 0 Å². The van der Waals surface area contributed by atoms with Crippen LogP contribution in [0.2, 0.25) is 0 Å². The summed E-state index contributed by atoms with van der Waals surface area (Å²) in [5.74, 6) is 13.0. The Morgan fingerprint density at radius 3 is 1.47 bits per heavy atom. The van der Waals surface area contributed by atoms with Crippen molar-refractivity contribution < 1.29 is 9.53 Å². The first-order valence-corrected chi connectivity index (χ1v) is 14.4. The lowest BCUT2D eigenvalue weighted by Crippen LogP contribution is -2.27. The number of benzene rings is 5. The predicted molar refractivity (Wildman–Crippen MR) is 175 cm³/mol. The molecule has 0 N–H and O–H groups in total. The maximum absolute atomic E-state index is 11.8. The van der Waals surface area contributed by atoms with Gasteiger partial charge in [0.2, 0.25) is 0 Å². The van der Waals surface area contributed by atoms with E-state index in [1.165, 1.54) is 29.4 Å². The maximum atomic E-state index is 11.8. The maximum Gasteiger partial charge on any atom is 0.337 e. The fourth-order valence-corrected chi connectivity index (χ4v) is 4.69. The van der Waals surface area contributed by atoms with Gasteiger partial charge in [-0.05, 0) is 70.6 Å². The Morgan fingerprint density at radius 2 is 1.02 bits per heavy atom. The Labute approximate surface area is 254 Å². The third-order valence-electron chi connectivity index (χ3n) is 7.15. The molecule has 5 rings (SSSR count). The second-order valence-corrected chi connectivity index (χ2v) is 10.1. The summed E-state index contributed by atoms with van der Waals surface area (Å²) in [6, 6.07) is 45.0. The van der Waals surface area contributed by atoms with E-state index in [0.29, 0.717) is 18.7 Å². The molecular formula is C40H33NO2. The quantitative estimate of drug-likeness (QED) is 0.144. The molecule has 0 bridgehead atoms. The van der Waals surface area contributed by atoms with Gasteiger partial charge in [-0.15, -0.1) is 0 Å². The van der Waals surface area contributed by atoms with Gasteiger partial charge in [0.25, 0.3) is 0 Å². The molecule has 0 unspecified atom stereocenters. The summed E-state index contributed by atoms with van der Waals surface area (Å²) in [4.78, 5) is 14.0. The van der Waals surface area contributed by atoms with Crippen LogP contribution in [-0.4, -0.2) is 37.6 Å². The minimum atomic E-state index is -0.327. The fourth-order valence-electron chi connectivity index (χ4n) is 4.69. The molecule has 43 heavy (non-hydrogen) atoms. The number of rotatable bonds is 8. The lowest BCUT2D eigenvalue weighted by Gasteiger charge is -2.16. The van der Waals surface area contributed by atoms with Gasteiger partial charge in [-0.2, -0.15) is 0 Å². The second kappa shape index (κ2) is 15.0. The standard InChI is InChI=1S/C40H33NO2/c1-43-40(42)39-26-20-34(21-27-39)28-31-41(29-8-10-32-16-22-37(23-17-32)35-12-4-2-5-13-35)30-9-11-33-18-24-38(25-19-33)36-14-6-3-7-15-36/h2-7,12-27H,28-31H2,1H3. The van der Waals surface area contributed by atoms with Crippen LogP contribution < -0.4 is 0 Å². The average molecular weight is 560 g/mol. The van der Waals surface area contributed by atoms with Gasteiger partial charge in [0.05, 0.1) is 25.8 Å². The zero-order valence-electron chi connectivity index (χ0n) is 24.3. The largest absolute Gasteiger partial charge is 0.465 e. The molecule has 210 valence electrons. The van der Waals surface area contributed by atoms with Crippen molar-refractivity contribution >= 4 is 5.97 Å². The van der Waals surface area contributed by atoms with Crippen LogP contribution >= 0.6 is 0 Å². The zero-order chi connectivity index (χ0) is 29.7. The van der Waals surface area contributed by atoms with Crippen molar-refractivity contribution in [2.24, 2.45) is 0 Å². The van der Waals surface area contributed by atoms with Crippen LogP contribution in [0, 0.1) is 23.7 Å². The highest BCUT2D eigenvalue weighted by Gasteiger charge is 2.06. The van der Waals surface area contributed by atoms with Crippen molar-refractivity contribution in [2.75, 3.05) is 26.7 Å². The third kappa shape index (κ3) is 8.57. The summed E-state index contributed by atoms with van der Waals surface area (Å²) in [7, 11) is 1.39. The van der Waals surface area contributed by atoms with Crippen LogP contribution in [0.1, 0.15) is 27.0 Å². The number of carbonyl (C=O) groups excluding carboxylic acids is 1. The first-order chi connectivity index (χ1) is 21.2. The first kappa shape index (κ1) is 29.2. The summed E-state index contributed by atoms with van der Waals surface area (Å²) in [5, 5.41) is 0. The molecule has 0 fully saturated rings. The Morgan fingerprint density at radius 1 is 0.581 bits per heavy atom. The normalized spacial score (nSPS) is 10.3. The number of carbonyl (C=O) groups is 1. The van der Waals surface area contributed by atoms with E-state index < -0.39 is 0 Å². The molecule has 0 heterocycles. The molecule has 3 nitrogen and oxygen atoms in total. The molecule has 5 aromatic rings. The zero-order valence-corrected chi connectivity index (χ0v) is 24.3. The van der Waals surface area contributed by atoms with E-state index in [4.69, 9.17) is 4.74 Å². The minimum Gasteiger partial charge on any atom is -0.465 e. The molecule has 0 saturated carbocycles. The number of methoxy groups -OCH3 is 1. The molecule has 0 aliphatic rings. The van der Waals surface area contributed by atoms with Crippen LogP contribution in [-0.2, 0) is 11.2 Å². The second-order valence-electron chi connectivity index (χ2n) is 10.1. The average Bonchev–Trinajstić information content (AvgIpc) is 3.08. The fraction of sp³-hybridized carbons (Fsp3) is 0.125. The number of esters is 1. The van der Waals surface area contributed by atoms with Crippen molar-refractivity contribution in [1.82, 2.24) is 4.90 Å². The van der Waals surface area contributed by atoms with Gasteiger partial charge < -0.3 is 4.74 Å². The Balaban J connectivity index is 1.25. The highest BCUT2D eigenvalue weighted by Crippen LogP contribution is 2.20. The van der Waals surface area contributed by atoms with Crippen molar-refractivity contribution in [3.8, 4) is 45.9 Å². The Kier molecular flexibility index (Phi) is 10.2. The van der Waals surface area contributed by atoms with Gasteiger partial charge >= 0.3 is 5.97 Å². The van der Waals surface area contributed by atoms with E-state index in [-0.39, 0.29) is 5.97 Å². The monoisotopic (exact) mass is 559 g/mol.